The largest absolute Gasteiger partial charge is 0.497 e. The molecule has 2 aliphatic heterocycles. The highest BCUT2D eigenvalue weighted by molar-refractivity contribution is 6.51. The van der Waals surface area contributed by atoms with Gasteiger partial charge in [-0.1, -0.05) is 42.5 Å². The van der Waals surface area contributed by atoms with E-state index in [-0.39, 0.29) is 10.6 Å². The van der Waals surface area contributed by atoms with Gasteiger partial charge in [0.05, 0.1) is 53.6 Å². The number of aryl methyl sites for hydroxylation is 1. The lowest BCUT2D eigenvalue weighted by Gasteiger charge is -2.40. The minimum Gasteiger partial charge on any atom is -0.497 e. The third-order valence-electron chi connectivity index (χ3n) is 7.70. The summed E-state index contributed by atoms with van der Waals surface area (Å²) in [6.45, 7) is 1.94. The zero-order valence-corrected chi connectivity index (χ0v) is 24.1. The Bertz CT molecular complexity index is 1980. The number of methoxy groups -OCH3 is 2. The van der Waals surface area contributed by atoms with E-state index in [1.54, 1.807) is 26.4 Å². The van der Waals surface area contributed by atoms with Gasteiger partial charge in [0.25, 0.3) is 5.69 Å². The zero-order chi connectivity index (χ0) is 30.4. The van der Waals surface area contributed by atoms with Crippen LogP contribution in [0.25, 0.3) is 5.69 Å². The van der Waals surface area contributed by atoms with Crippen LogP contribution >= 0.6 is 0 Å². The number of hydrogen-bond donors (Lipinski definition) is 1. The first kappa shape index (κ1) is 26.9. The van der Waals surface area contributed by atoms with Crippen LogP contribution in [0.4, 0.5) is 28.6 Å². The van der Waals surface area contributed by atoms with Crippen molar-refractivity contribution in [1.29, 1.82) is 0 Å². The smallest absolute Gasteiger partial charge is 0.269 e. The zero-order valence-electron chi connectivity index (χ0n) is 24.1. The van der Waals surface area contributed by atoms with Gasteiger partial charge >= 0.3 is 0 Å². The Kier molecular flexibility index (Phi) is 6.54. The van der Waals surface area contributed by atoms with Gasteiger partial charge in [-0.3, -0.25) is 10.1 Å². The first-order valence-corrected chi connectivity index (χ1v) is 13.9. The van der Waals surface area contributed by atoms with Crippen LogP contribution in [-0.4, -0.2) is 40.6 Å². The number of amidine groups is 2. The van der Waals surface area contributed by atoms with Crippen molar-refractivity contribution in [1.82, 2.24) is 9.78 Å². The van der Waals surface area contributed by atoms with Crippen molar-refractivity contribution in [3.8, 4) is 17.2 Å². The Morgan fingerprint density at radius 3 is 2.45 bits per heavy atom. The van der Waals surface area contributed by atoms with E-state index in [9.17, 15) is 10.1 Å². The molecule has 7 rings (SSSR count). The lowest BCUT2D eigenvalue weighted by molar-refractivity contribution is -0.384. The number of nitro benzene ring substituents is 1. The van der Waals surface area contributed by atoms with Crippen molar-refractivity contribution in [2.75, 3.05) is 24.4 Å². The number of aromatic nitrogens is 2. The molecule has 0 unspecified atom stereocenters. The van der Waals surface area contributed by atoms with E-state index in [1.165, 1.54) is 6.07 Å². The average Bonchev–Trinajstić information content (AvgIpc) is 3.39. The maximum Gasteiger partial charge on any atom is 0.269 e. The highest BCUT2D eigenvalue weighted by Gasteiger charge is 2.42. The number of aliphatic imine (C=N–C) groups is 2. The van der Waals surface area contributed by atoms with Crippen molar-refractivity contribution in [2.24, 2.45) is 9.98 Å². The van der Waals surface area contributed by atoms with E-state index in [0.717, 1.165) is 28.2 Å². The second-order valence-corrected chi connectivity index (χ2v) is 10.3. The molecule has 3 heterocycles. The third kappa shape index (κ3) is 4.42. The van der Waals surface area contributed by atoms with Gasteiger partial charge in [0.1, 0.15) is 11.5 Å². The first-order valence-electron chi connectivity index (χ1n) is 13.9. The summed E-state index contributed by atoms with van der Waals surface area (Å²) in [6, 6.07) is 29.2. The number of anilines is 2. The maximum atomic E-state index is 11.9. The Morgan fingerprint density at radius 1 is 0.886 bits per heavy atom. The average molecular weight is 586 g/mol. The van der Waals surface area contributed by atoms with Crippen molar-refractivity contribution in [2.45, 2.75) is 13.0 Å². The fourth-order valence-corrected chi connectivity index (χ4v) is 5.71. The molecule has 44 heavy (non-hydrogen) atoms. The van der Waals surface area contributed by atoms with E-state index in [4.69, 9.17) is 24.6 Å². The molecule has 2 aliphatic rings. The van der Waals surface area contributed by atoms with Crippen LogP contribution in [0.1, 0.15) is 22.9 Å². The highest BCUT2D eigenvalue weighted by Crippen LogP contribution is 2.48. The molecule has 1 N–H and O–H groups in total. The number of nitro groups is 1. The minimum atomic E-state index is -0.504. The molecule has 0 bridgehead atoms. The molecule has 5 aromatic rings. The van der Waals surface area contributed by atoms with E-state index >= 15 is 0 Å². The number of para-hydroxylation sites is 3. The first-order chi connectivity index (χ1) is 21.5. The number of rotatable bonds is 6. The Balaban J connectivity index is 1.50. The summed E-state index contributed by atoms with van der Waals surface area (Å²) in [5, 5.41) is 20.3. The third-order valence-corrected chi connectivity index (χ3v) is 7.70. The fraction of sp³-hybridized carbons (Fsp3) is 0.121. The predicted molar refractivity (Wildman–Crippen MR) is 170 cm³/mol. The number of hydrogen-bond acceptors (Lipinski definition) is 9. The number of ether oxygens (including phenoxy) is 2. The molecule has 0 radical (unpaired) electrons. The van der Waals surface area contributed by atoms with Gasteiger partial charge in [-0.2, -0.15) is 5.10 Å². The number of non-ortho nitro benzene ring substituents is 1. The number of nitrogens with zero attached hydrogens (tertiary/aromatic N) is 6. The lowest BCUT2D eigenvalue weighted by Crippen LogP contribution is -2.46. The van der Waals surface area contributed by atoms with Gasteiger partial charge in [0.2, 0.25) is 0 Å². The summed E-state index contributed by atoms with van der Waals surface area (Å²) in [5.41, 5.74) is 5.31. The van der Waals surface area contributed by atoms with Crippen LogP contribution in [0, 0.1) is 17.0 Å². The van der Waals surface area contributed by atoms with Crippen molar-refractivity contribution < 1.29 is 14.4 Å². The Morgan fingerprint density at radius 2 is 1.68 bits per heavy atom. The molecular weight excluding hydrogens is 558 g/mol. The summed E-state index contributed by atoms with van der Waals surface area (Å²) < 4.78 is 12.9. The second kappa shape index (κ2) is 10.7. The molecule has 11 heteroatoms. The summed E-state index contributed by atoms with van der Waals surface area (Å²) in [7, 11) is 3.20. The standard InChI is InChI=1S/C33H27N7O4/c1-20-29-30(21-10-9-13-23(18-21)40(41)42)38-27-15-8-7-14-25(27)34-31(35-26-19-24(43-2)16-17-28(26)44-3)33(38)36-32(29)39(37-20)22-11-5-4-6-12-22/h4-19,30H,1-3H3,(H,34,35)/t30-/m1/s1. The van der Waals surface area contributed by atoms with Gasteiger partial charge in [0, 0.05) is 23.8 Å². The monoisotopic (exact) mass is 585 g/mol. The van der Waals surface area contributed by atoms with Crippen LogP contribution in [0.5, 0.6) is 11.5 Å². The van der Waals surface area contributed by atoms with Crippen LogP contribution in [-0.2, 0) is 0 Å². The van der Waals surface area contributed by atoms with Crippen LogP contribution in [0.3, 0.4) is 0 Å². The topological polar surface area (TPSA) is 119 Å². The highest BCUT2D eigenvalue weighted by atomic mass is 16.6. The van der Waals surface area contributed by atoms with Gasteiger partial charge in [-0.15, -0.1) is 0 Å². The maximum absolute atomic E-state index is 11.9. The van der Waals surface area contributed by atoms with Crippen LogP contribution in [0.15, 0.2) is 107 Å². The molecule has 0 aliphatic carbocycles. The van der Waals surface area contributed by atoms with Crippen LogP contribution < -0.4 is 19.7 Å². The van der Waals surface area contributed by atoms with E-state index in [1.807, 2.05) is 90.5 Å². The van der Waals surface area contributed by atoms with Gasteiger partial charge in [0.15, 0.2) is 17.5 Å². The normalized spacial score (nSPS) is 14.9. The summed E-state index contributed by atoms with van der Waals surface area (Å²) in [6.07, 6.45) is 0. The Labute approximate surface area is 252 Å². The van der Waals surface area contributed by atoms with Crippen molar-refractivity contribution >= 4 is 40.2 Å². The van der Waals surface area contributed by atoms with Crippen molar-refractivity contribution in [3.63, 3.8) is 0 Å². The minimum absolute atomic E-state index is 0.000330. The summed E-state index contributed by atoms with van der Waals surface area (Å²) in [5.74, 6) is 2.84. The van der Waals surface area contributed by atoms with E-state index < -0.39 is 6.04 Å². The van der Waals surface area contributed by atoms with Crippen LogP contribution in [0.2, 0.25) is 0 Å². The number of fused-ring (bicyclic) bond motifs is 4. The summed E-state index contributed by atoms with van der Waals surface area (Å²) >= 11 is 0. The fourth-order valence-electron chi connectivity index (χ4n) is 5.71. The van der Waals surface area contributed by atoms with Gasteiger partial charge < -0.3 is 19.7 Å². The molecule has 1 atom stereocenters. The molecular formula is C33H27N7O4. The number of benzene rings is 4. The molecule has 218 valence electrons. The predicted octanol–water partition coefficient (Wildman–Crippen LogP) is 6.90. The molecule has 0 amide bonds. The lowest BCUT2D eigenvalue weighted by atomic mass is 9.93. The molecule has 11 nitrogen and oxygen atoms in total. The van der Waals surface area contributed by atoms with Gasteiger partial charge in [-0.05, 0) is 48.9 Å². The molecule has 0 saturated carbocycles. The molecule has 0 saturated heterocycles. The van der Waals surface area contributed by atoms with E-state index in [2.05, 4.69) is 10.2 Å². The second-order valence-electron chi connectivity index (χ2n) is 10.3. The molecule has 0 fully saturated rings. The molecule has 4 aromatic carbocycles. The number of nitrogens with one attached hydrogen (secondary N) is 1. The molecule has 0 spiro atoms. The van der Waals surface area contributed by atoms with Crippen molar-refractivity contribution in [3.05, 3.63) is 124 Å². The summed E-state index contributed by atoms with van der Waals surface area (Å²) in [4.78, 5) is 23.8. The molecule has 1 aromatic heterocycles. The van der Waals surface area contributed by atoms with E-state index in [0.29, 0.717) is 40.4 Å². The van der Waals surface area contributed by atoms with Gasteiger partial charge in [-0.25, -0.2) is 14.7 Å². The SMILES string of the molecule is COc1ccc(OC)c(NC2=Nc3ccccc3N3C2=Nc2c(c(C)nn2-c2ccccc2)[C@H]3c2cccc([N+](=O)[O-])c2)c1. The quantitative estimate of drug-likeness (QED) is 0.170. The Hall–Kier alpha value is -5.97.